The van der Waals surface area contributed by atoms with Gasteiger partial charge in [0.2, 0.25) is 0 Å². The summed E-state index contributed by atoms with van der Waals surface area (Å²) in [4.78, 5) is 0. The van der Waals surface area contributed by atoms with Gasteiger partial charge in [0.15, 0.2) is 0 Å². The molecule has 31 heavy (non-hydrogen) atoms. The maximum Gasteiger partial charge on any atom is -0.00369 e. The highest BCUT2D eigenvalue weighted by atomic mass is 14.8. The topological polar surface area (TPSA) is 38.0 Å². The Kier molecular flexibility index (Phi) is 19.1. The van der Waals surface area contributed by atoms with Gasteiger partial charge in [0.25, 0.3) is 0 Å². The molecule has 0 unspecified atom stereocenters. The van der Waals surface area contributed by atoms with Crippen LogP contribution in [0.3, 0.4) is 0 Å². The molecule has 0 aliphatic carbocycles. The monoisotopic (exact) mass is 430 g/mol. The number of unbranched alkanes of at least 4 members (excludes halogenated alkanes) is 15. The van der Waals surface area contributed by atoms with Crippen LogP contribution in [0.15, 0.2) is 18.2 Å². The van der Waals surface area contributed by atoms with E-state index >= 15 is 0 Å². The molecule has 2 heteroatoms. The van der Waals surface area contributed by atoms with Crippen molar-refractivity contribution in [2.24, 2.45) is 5.73 Å². The van der Waals surface area contributed by atoms with Crippen molar-refractivity contribution >= 4 is 0 Å². The lowest BCUT2D eigenvalue weighted by Crippen LogP contribution is -2.19. The SMILES string of the molecule is Cc1cccc(CCCCCCCCCCCCCCCCCCNCCCN)c1C. The summed E-state index contributed by atoms with van der Waals surface area (Å²) >= 11 is 0. The van der Waals surface area contributed by atoms with Crippen LogP contribution >= 0.6 is 0 Å². The Morgan fingerprint density at radius 2 is 1.03 bits per heavy atom. The lowest BCUT2D eigenvalue weighted by Gasteiger charge is -2.08. The van der Waals surface area contributed by atoms with Crippen LogP contribution in [0.4, 0.5) is 0 Å². The van der Waals surface area contributed by atoms with Crippen molar-refractivity contribution in [1.29, 1.82) is 0 Å². The lowest BCUT2D eigenvalue weighted by atomic mass is 9.98. The summed E-state index contributed by atoms with van der Waals surface area (Å²) in [5, 5.41) is 3.47. The Balaban J connectivity index is 1.73. The molecule has 0 amide bonds. The van der Waals surface area contributed by atoms with E-state index < -0.39 is 0 Å². The minimum absolute atomic E-state index is 0.808. The van der Waals surface area contributed by atoms with Crippen molar-refractivity contribution in [2.75, 3.05) is 19.6 Å². The quantitative estimate of drug-likeness (QED) is 0.183. The molecule has 0 radical (unpaired) electrons. The smallest absolute Gasteiger partial charge is 0.00369 e. The van der Waals surface area contributed by atoms with Crippen LogP contribution in [0.2, 0.25) is 0 Å². The normalized spacial score (nSPS) is 11.3. The molecular formula is C29H54N2. The number of rotatable bonds is 22. The molecule has 180 valence electrons. The second-order valence-electron chi connectivity index (χ2n) is 9.66. The zero-order valence-electron chi connectivity index (χ0n) is 21.2. The highest BCUT2D eigenvalue weighted by molar-refractivity contribution is 5.33. The first-order valence-corrected chi connectivity index (χ1v) is 13.7. The molecule has 1 aromatic carbocycles. The third-order valence-electron chi connectivity index (χ3n) is 6.82. The van der Waals surface area contributed by atoms with Gasteiger partial charge in [0.05, 0.1) is 0 Å². The zero-order valence-corrected chi connectivity index (χ0v) is 21.2. The molecule has 0 fully saturated rings. The predicted octanol–water partition coefficient (Wildman–Crippen LogP) is 8.03. The van der Waals surface area contributed by atoms with Crippen LogP contribution in [0.25, 0.3) is 0 Å². The molecule has 0 bridgehead atoms. The van der Waals surface area contributed by atoms with Gasteiger partial charge in [-0.2, -0.15) is 0 Å². The Bertz CT molecular complexity index is 511. The molecule has 0 aromatic heterocycles. The molecule has 1 rings (SSSR count). The fourth-order valence-corrected chi connectivity index (χ4v) is 4.48. The van der Waals surface area contributed by atoms with Crippen LogP contribution in [0.1, 0.15) is 126 Å². The summed E-state index contributed by atoms with van der Waals surface area (Å²) in [7, 11) is 0. The van der Waals surface area contributed by atoms with Crippen LogP contribution in [0.5, 0.6) is 0 Å². The maximum atomic E-state index is 5.49. The standard InChI is InChI=1S/C29H54N2/c1-27-21-19-23-29(28(27)2)22-17-15-13-11-9-7-5-3-4-6-8-10-12-14-16-18-25-31-26-20-24-30/h19,21,23,31H,3-18,20,22,24-26,30H2,1-2H3. The van der Waals surface area contributed by atoms with E-state index in [0.29, 0.717) is 0 Å². The van der Waals surface area contributed by atoms with Gasteiger partial charge >= 0.3 is 0 Å². The number of nitrogens with two attached hydrogens (primary N) is 1. The largest absolute Gasteiger partial charge is 0.330 e. The van der Waals surface area contributed by atoms with Crippen LogP contribution in [-0.4, -0.2) is 19.6 Å². The maximum absolute atomic E-state index is 5.49. The van der Waals surface area contributed by atoms with Gasteiger partial charge in [-0.05, 0) is 75.9 Å². The lowest BCUT2D eigenvalue weighted by molar-refractivity contribution is 0.523. The molecule has 0 aliphatic heterocycles. The average molecular weight is 431 g/mol. The zero-order chi connectivity index (χ0) is 22.4. The van der Waals surface area contributed by atoms with Gasteiger partial charge in [0.1, 0.15) is 0 Å². The Hall–Kier alpha value is -0.860. The molecule has 0 saturated heterocycles. The van der Waals surface area contributed by atoms with Crippen molar-refractivity contribution in [1.82, 2.24) is 5.32 Å². The highest BCUT2D eigenvalue weighted by Gasteiger charge is 2.00. The Morgan fingerprint density at radius 3 is 1.55 bits per heavy atom. The molecule has 0 atom stereocenters. The van der Waals surface area contributed by atoms with Crippen LogP contribution < -0.4 is 11.1 Å². The summed E-state index contributed by atoms with van der Waals surface area (Å²) in [5.41, 5.74) is 10.00. The number of nitrogens with one attached hydrogen (secondary N) is 1. The number of hydrogen-bond donors (Lipinski definition) is 2. The van der Waals surface area contributed by atoms with Gasteiger partial charge in [-0.3, -0.25) is 0 Å². The second-order valence-corrected chi connectivity index (χ2v) is 9.66. The van der Waals surface area contributed by atoms with E-state index in [1.54, 1.807) is 5.56 Å². The minimum atomic E-state index is 0.808. The molecule has 3 N–H and O–H groups in total. The number of aryl methyl sites for hydroxylation is 2. The Morgan fingerprint density at radius 1 is 0.581 bits per heavy atom. The molecule has 2 nitrogen and oxygen atoms in total. The second kappa shape index (κ2) is 21.0. The van der Waals surface area contributed by atoms with E-state index in [9.17, 15) is 0 Å². The van der Waals surface area contributed by atoms with E-state index in [0.717, 1.165) is 19.5 Å². The third-order valence-corrected chi connectivity index (χ3v) is 6.82. The summed E-state index contributed by atoms with van der Waals surface area (Å²) in [5.74, 6) is 0. The first-order valence-electron chi connectivity index (χ1n) is 13.7. The van der Waals surface area contributed by atoms with E-state index in [1.165, 1.54) is 127 Å². The van der Waals surface area contributed by atoms with Gasteiger partial charge in [0, 0.05) is 0 Å². The molecule has 0 heterocycles. The van der Waals surface area contributed by atoms with Crippen molar-refractivity contribution in [3.05, 3.63) is 34.9 Å². The summed E-state index contributed by atoms with van der Waals surface area (Å²) in [6.07, 6.45) is 25.2. The molecule has 0 spiro atoms. The van der Waals surface area contributed by atoms with Gasteiger partial charge in [-0.25, -0.2) is 0 Å². The fraction of sp³-hybridized carbons (Fsp3) is 0.793. The van der Waals surface area contributed by atoms with Crippen molar-refractivity contribution in [3.63, 3.8) is 0 Å². The molecule has 0 aliphatic rings. The highest BCUT2D eigenvalue weighted by Crippen LogP contribution is 2.17. The van der Waals surface area contributed by atoms with Gasteiger partial charge < -0.3 is 11.1 Å². The summed E-state index contributed by atoms with van der Waals surface area (Å²) < 4.78 is 0. The number of benzene rings is 1. The van der Waals surface area contributed by atoms with Crippen molar-refractivity contribution in [3.8, 4) is 0 Å². The van der Waals surface area contributed by atoms with Crippen molar-refractivity contribution < 1.29 is 0 Å². The van der Waals surface area contributed by atoms with Gasteiger partial charge in [-0.1, -0.05) is 108 Å². The average Bonchev–Trinajstić information content (AvgIpc) is 2.77. The fourth-order valence-electron chi connectivity index (χ4n) is 4.48. The minimum Gasteiger partial charge on any atom is -0.330 e. The van der Waals surface area contributed by atoms with Crippen LogP contribution in [-0.2, 0) is 6.42 Å². The molecular weight excluding hydrogens is 376 g/mol. The first-order chi connectivity index (χ1) is 15.3. The summed E-state index contributed by atoms with van der Waals surface area (Å²) in [6, 6.07) is 6.75. The Labute approximate surface area is 195 Å². The molecule has 0 saturated carbocycles. The van der Waals surface area contributed by atoms with E-state index in [2.05, 4.69) is 37.4 Å². The van der Waals surface area contributed by atoms with E-state index in [1.807, 2.05) is 0 Å². The third kappa shape index (κ3) is 16.4. The first kappa shape index (κ1) is 28.2. The molecule has 1 aromatic rings. The van der Waals surface area contributed by atoms with E-state index in [4.69, 9.17) is 5.73 Å². The predicted molar refractivity (Wildman–Crippen MR) is 140 cm³/mol. The van der Waals surface area contributed by atoms with Gasteiger partial charge in [-0.15, -0.1) is 0 Å². The summed E-state index contributed by atoms with van der Waals surface area (Å²) in [6.45, 7) is 7.57. The van der Waals surface area contributed by atoms with Crippen LogP contribution in [0, 0.1) is 13.8 Å². The van der Waals surface area contributed by atoms with Crippen molar-refractivity contribution in [2.45, 2.75) is 129 Å². The van der Waals surface area contributed by atoms with E-state index in [-0.39, 0.29) is 0 Å². The number of hydrogen-bond acceptors (Lipinski definition) is 2.